The molecular weight excluding hydrogens is 402 g/mol. The fourth-order valence-electron chi connectivity index (χ4n) is 2.43. The fraction of sp³-hybridized carbons (Fsp3) is 0.278. The molecule has 0 fully saturated rings. The van der Waals surface area contributed by atoms with Crippen LogP contribution in [0.5, 0.6) is 0 Å². The molecule has 2 rings (SSSR count). The van der Waals surface area contributed by atoms with Crippen LogP contribution in [0.3, 0.4) is 0 Å². The van der Waals surface area contributed by atoms with Crippen LogP contribution in [0.2, 0.25) is 0 Å². The molecule has 0 radical (unpaired) electrons. The van der Waals surface area contributed by atoms with Gasteiger partial charge in [0.1, 0.15) is 0 Å². The van der Waals surface area contributed by atoms with Gasteiger partial charge < -0.3 is 5.32 Å². The highest BCUT2D eigenvalue weighted by Crippen LogP contribution is 2.17. The Morgan fingerprint density at radius 1 is 0.929 bits per heavy atom. The predicted octanol–water partition coefficient (Wildman–Crippen LogP) is 1.52. The van der Waals surface area contributed by atoms with Crippen LogP contribution in [0.25, 0.3) is 0 Å². The van der Waals surface area contributed by atoms with Gasteiger partial charge in [0, 0.05) is 18.7 Å². The number of hydrogen-bond acceptors (Lipinski definition) is 5. The van der Waals surface area contributed by atoms with Crippen molar-refractivity contribution in [3.05, 3.63) is 53.6 Å². The lowest BCUT2D eigenvalue weighted by Crippen LogP contribution is -2.28. The molecule has 1 amide bonds. The zero-order chi connectivity index (χ0) is 20.9. The van der Waals surface area contributed by atoms with Gasteiger partial charge in [-0.05, 0) is 62.4 Å². The number of anilines is 1. The first-order valence-corrected chi connectivity index (χ1v) is 11.4. The van der Waals surface area contributed by atoms with Crippen molar-refractivity contribution in [3.63, 3.8) is 0 Å². The van der Waals surface area contributed by atoms with Gasteiger partial charge in [-0.15, -0.1) is 0 Å². The van der Waals surface area contributed by atoms with Crippen LogP contribution in [-0.2, 0) is 24.8 Å². The van der Waals surface area contributed by atoms with Crippen molar-refractivity contribution in [3.8, 4) is 0 Å². The van der Waals surface area contributed by atoms with Crippen molar-refractivity contribution in [2.75, 3.05) is 18.9 Å². The van der Waals surface area contributed by atoms with Crippen LogP contribution in [0.15, 0.2) is 52.3 Å². The van der Waals surface area contributed by atoms with E-state index < -0.39 is 26.0 Å². The normalized spacial score (nSPS) is 12.0. The van der Waals surface area contributed by atoms with E-state index in [-0.39, 0.29) is 22.8 Å². The SMILES string of the molecule is CNS(=O)(=O)c1ccc(NC(=O)CCNS(=O)(=O)c2cc(C)ccc2C)cc1. The lowest BCUT2D eigenvalue weighted by molar-refractivity contribution is -0.116. The van der Waals surface area contributed by atoms with Crippen molar-refractivity contribution in [1.82, 2.24) is 9.44 Å². The fourth-order valence-corrected chi connectivity index (χ4v) is 4.52. The number of hydrogen-bond donors (Lipinski definition) is 3. The van der Waals surface area contributed by atoms with Gasteiger partial charge in [-0.3, -0.25) is 4.79 Å². The maximum Gasteiger partial charge on any atom is 0.240 e. The summed E-state index contributed by atoms with van der Waals surface area (Å²) in [4.78, 5) is 12.3. The summed E-state index contributed by atoms with van der Waals surface area (Å²) in [5, 5.41) is 2.60. The van der Waals surface area contributed by atoms with Gasteiger partial charge in [-0.2, -0.15) is 0 Å². The van der Waals surface area contributed by atoms with Crippen molar-refractivity contribution >= 4 is 31.6 Å². The van der Waals surface area contributed by atoms with E-state index in [1.807, 2.05) is 6.07 Å². The summed E-state index contributed by atoms with van der Waals surface area (Å²) >= 11 is 0. The van der Waals surface area contributed by atoms with Crippen LogP contribution in [0.1, 0.15) is 17.5 Å². The van der Waals surface area contributed by atoms with Crippen LogP contribution in [0.4, 0.5) is 5.69 Å². The lowest BCUT2D eigenvalue weighted by Gasteiger charge is -2.10. The van der Waals surface area contributed by atoms with Gasteiger partial charge in [0.05, 0.1) is 9.79 Å². The Labute approximate surface area is 165 Å². The molecule has 0 spiro atoms. The monoisotopic (exact) mass is 425 g/mol. The topological polar surface area (TPSA) is 121 Å². The summed E-state index contributed by atoms with van der Waals surface area (Å²) in [5.41, 5.74) is 1.86. The van der Waals surface area contributed by atoms with Gasteiger partial charge in [-0.25, -0.2) is 26.3 Å². The molecule has 2 aromatic carbocycles. The number of amides is 1. The molecule has 0 bridgehead atoms. The average Bonchev–Trinajstić information content (AvgIpc) is 2.64. The highest BCUT2D eigenvalue weighted by atomic mass is 32.2. The number of sulfonamides is 2. The van der Waals surface area contributed by atoms with E-state index in [1.165, 1.54) is 31.3 Å². The predicted molar refractivity (Wildman–Crippen MR) is 107 cm³/mol. The molecule has 0 unspecified atom stereocenters. The highest BCUT2D eigenvalue weighted by Gasteiger charge is 2.17. The molecule has 0 saturated carbocycles. The maximum atomic E-state index is 12.4. The zero-order valence-corrected chi connectivity index (χ0v) is 17.4. The van der Waals surface area contributed by atoms with E-state index >= 15 is 0 Å². The second-order valence-corrected chi connectivity index (χ2v) is 9.82. The molecule has 0 aromatic heterocycles. The molecular formula is C18H23N3O5S2. The Hall–Kier alpha value is -2.27. The van der Waals surface area contributed by atoms with Crippen LogP contribution >= 0.6 is 0 Å². The third-order valence-corrected chi connectivity index (χ3v) is 7.03. The molecule has 0 aliphatic rings. The van der Waals surface area contributed by atoms with E-state index in [0.717, 1.165) is 5.56 Å². The second kappa shape index (κ2) is 8.82. The number of benzene rings is 2. The highest BCUT2D eigenvalue weighted by molar-refractivity contribution is 7.89. The van der Waals surface area contributed by atoms with E-state index in [0.29, 0.717) is 11.3 Å². The minimum Gasteiger partial charge on any atom is -0.326 e. The first-order chi connectivity index (χ1) is 13.0. The molecule has 2 aromatic rings. The number of carbonyl (C=O) groups is 1. The third-order valence-electron chi connectivity index (χ3n) is 3.99. The standard InChI is InChI=1S/C18H23N3O5S2/c1-13-4-5-14(2)17(12-13)28(25,26)20-11-10-18(22)21-15-6-8-16(9-7-15)27(23,24)19-3/h4-9,12,19-20H,10-11H2,1-3H3,(H,21,22). The number of aryl methyl sites for hydroxylation is 2. The number of nitrogens with one attached hydrogen (secondary N) is 3. The van der Waals surface area contributed by atoms with Crippen molar-refractivity contribution < 1.29 is 21.6 Å². The van der Waals surface area contributed by atoms with Crippen molar-refractivity contribution in [1.29, 1.82) is 0 Å². The molecule has 0 aliphatic heterocycles. The van der Waals surface area contributed by atoms with Crippen LogP contribution < -0.4 is 14.8 Å². The van der Waals surface area contributed by atoms with Gasteiger partial charge in [0.2, 0.25) is 26.0 Å². The van der Waals surface area contributed by atoms with E-state index in [1.54, 1.807) is 26.0 Å². The molecule has 10 heteroatoms. The minimum absolute atomic E-state index is 0.0617. The Morgan fingerprint density at radius 3 is 2.18 bits per heavy atom. The molecule has 0 saturated heterocycles. The van der Waals surface area contributed by atoms with Gasteiger partial charge >= 0.3 is 0 Å². The second-order valence-electron chi connectivity index (χ2n) is 6.20. The lowest BCUT2D eigenvalue weighted by atomic mass is 10.2. The summed E-state index contributed by atoms with van der Waals surface area (Å²) in [7, 11) is -5.95. The maximum absolute atomic E-state index is 12.4. The van der Waals surface area contributed by atoms with Gasteiger partial charge in [-0.1, -0.05) is 12.1 Å². The average molecular weight is 426 g/mol. The Kier molecular flexibility index (Phi) is 6.94. The number of carbonyl (C=O) groups excluding carboxylic acids is 1. The van der Waals surface area contributed by atoms with E-state index in [4.69, 9.17) is 0 Å². The molecule has 8 nitrogen and oxygen atoms in total. The smallest absolute Gasteiger partial charge is 0.240 e. The quantitative estimate of drug-likeness (QED) is 0.592. The molecule has 0 atom stereocenters. The molecule has 0 heterocycles. The summed E-state index contributed by atoms with van der Waals surface area (Å²) in [6.07, 6.45) is -0.0688. The van der Waals surface area contributed by atoms with E-state index in [2.05, 4.69) is 14.8 Å². The molecule has 3 N–H and O–H groups in total. The Bertz CT molecular complexity index is 1060. The minimum atomic E-state index is -3.71. The third kappa shape index (κ3) is 5.61. The number of rotatable bonds is 8. The summed E-state index contributed by atoms with van der Waals surface area (Å²) in [5.74, 6) is -0.395. The van der Waals surface area contributed by atoms with Crippen molar-refractivity contribution in [2.45, 2.75) is 30.1 Å². The van der Waals surface area contributed by atoms with Crippen LogP contribution in [0, 0.1) is 13.8 Å². The summed E-state index contributed by atoms with van der Waals surface area (Å²) < 4.78 is 52.8. The first kappa shape index (κ1) is 22.0. The van der Waals surface area contributed by atoms with Crippen molar-refractivity contribution in [2.24, 2.45) is 0 Å². The van der Waals surface area contributed by atoms with Crippen LogP contribution in [-0.4, -0.2) is 36.3 Å². The largest absolute Gasteiger partial charge is 0.326 e. The summed E-state index contributed by atoms with van der Waals surface area (Å²) in [6, 6.07) is 10.8. The Balaban J connectivity index is 1.93. The zero-order valence-electron chi connectivity index (χ0n) is 15.8. The molecule has 152 valence electrons. The summed E-state index contributed by atoms with van der Waals surface area (Å²) in [6.45, 7) is 3.45. The molecule has 0 aliphatic carbocycles. The van der Waals surface area contributed by atoms with Gasteiger partial charge in [0.25, 0.3) is 0 Å². The Morgan fingerprint density at radius 2 is 1.57 bits per heavy atom. The molecule has 28 heavy (non-hydrogen) atoms. The van der Waals surface area contributed by atoms with Gasteiger partial charge in [0.15, 0.2) is 0 Å². The van der Waals surface area contributed by atoms with E-state index in [9.17, 15) is 21.6 Å². The first-order valence-electron chi connectivity index (χ1n) is 8.45.